The second kappa shape index (κ2) is 7.23. The van der Waals surface area contributed by atoms with Crippen molar-refractivity contribution < 1.29 is 4.39 Å². The van der Waals surface area contributed by atoms with Crippen LogP contribution >= 0.6 is 0 Å². The van der Waals surface area contributed by atoms with Crippen molar-refractivity contribution in [3.63, 3.8) is 0 Å². The Bertz CT molecular complexity index is 626. The fourth-order valence-electron chi connectivity index (χ4n) is 1.62. The van der Waals surface area contributed by atoms with Crippen molar-refractivity contribution in [1.82, 2.24) is 14.9 Å². The van der Waals surface area contributed by atoms with E-state index in [4.69, 9.17) is 0 Å². The van der Waals surface area contributed by atoms with E-state index >= 15 is 0 Å². The molecule has 0 aliphatic carbocycles. The molecule has 0 fully saturated rings. The van der Waals surface area contributed by atoms with Crippen molar-refractivity contribution in [3.05, 3.63) is 71.0 Å². The molecule has 2 heterocycles. The quantitative estimate of drug-likeness (QED) is 0.900. The normalized spacial score (nSPS) is 14.6. The van der Waals surface area contributed by atoms with Gasteiger partial charge in [0, 0.05) is 24.2 Å². The van der Waals surface area contributed by atoms with Crippen LogP contribution in [0.4, 0.5) is 4.39 Å². The third kappa shape index (κ3) is 3.54. The molecule has 0 aromatic carbocycles. The summed E-state index contributed by atoms with van der Waals surface area (Å²) in [4.78, 5) is 19.5. The third-order valence-corrected chi connectivity index (χ3v) is 2.44. The van der Waals surface area contributed by atoms with Crippen LogP contribution in [0, 0.1) is 0 Å². The highest BCUT2D eigenvalue weighted by atomic mass is 19.1. The summed E-state index contributed by atoms with van der Waals surface area (Å²) in [5.41, 5.74) is 0.898. The number of hydrogen-bond acceptors (Lipinski definition) is 3. The van der Waals surface area contributed by atoms with Gasteiger partial charge < -0.3 is 9.88 Å². The van der Waals surface area contributed by atoms with Crippen LogP contribution in [-0.4, -0.2) is 14.9 Å². The van der Waals surface area contributed by atoms with E-state index in [1.165, 1.54) is 29.4 Å². The number of aromatic amines is 1. The van der Waals surface area contributed by atoms with Gasteiger partial charge in [0.2, 0.25) is 0 Å². The minimum Gasteiger partial charge on any atom is -0.312 e. The smallest absolute Gasteiger partial charge is 0.251 e. The van der Waals surface area contributed by atoms with Gasteiger partial charge in [-0.3, -0.25) is 4.79 Å². The summed E-state index contributed by atoms with van der Waals surface area (Å²) < 4.78 is 13.3. The zero-order valence-electron chi connectivity index (χ0n) is 11.9. The molecular weight excluding hydrogens is 257 g/mol. The third-order valence-electron chi connectivity index (χ3n) is 2.44. The number of hydrogen-bond donors (Lipinski definition) is 1. The highest BCUT2D eigenvalue weighted by molar-refractivity contribution is 5.62. The number of halogens is 1. The Morgan fingerprint density at radius 1 is 1.45 bits per heavy atom. The van der Waals surface area contributed by atoms with Gasteiger partial charge >= 0.3 is 0 Å². The van der Waals surface area contributed by atoms with Crippen molar-refractivity contribution in [2.75, 3.05) is 0 Å². The SMILES string of the molecule is C=C1C=CC(F)=CN1/C(=C\C)c1nccc(=O)[nH]1.CC. The lowest BCUT2D eigenvalue weighted by molar-refractivity contribution is 0.585. The standard InChI is InChI=1S/C13H12FN3O.C2H6/c1-3-11(13-15-7-6-12(18)16-13)17-8-10(14)5-4-9(17)2;1-2/h3-8H,2H2,1H3,(H,15,16,18);1-2H3/b11-3-;. The molecule has 1 aromatic rings. The van der Waals surface area contributed by atoms with E-state index < -0.39 is 0 Å². The lowest BCUT2D eigenvalue weighted by Gasteiger charge is -2.25. The molecule has 0 radical (unpaired) electrons. The second-order valence-electron chi connectivity index (χ2n) is 3.67. The molecule has 0 saturated carbocycles. The molecule has 4 nitrogen and oxygen atoms in total. The Kier molecular flexibility index (Phi) is 5.65. The number of nitrogens with one attached hydrogen (secondary N) is 1. The van der Waals surface area contributed by atoms with Crippen molar-refractivity contribution in [2.45, 2.75) is 20.8 Å². The Morgan fingerprint density at radius 2 is 2.15 bits per heavy atom. The van der Waals surface area contributed by atoms with Crippen LogP contribution < -0.4 is 5.56 Å². The van der Waals surface area contributed by atoms with E-state index in [1.807, 2.05) is 13.8 Å². The van der Waals surface area contributed by atoms with Crippen molar-refractivity contribution in [1.29, 1.82) is 0 Å². The molecule has 106 valence electrons. The first kappa shape index (κ1) is 15.6. The Morgan fingerprint density at radius 3 is 2.75 bits per heavy atom. The molecule has 1 aliphatic rings. The van der Waals surface area contributed by atoms with Crippen LogP contribution in [0.15, 0.2) is 59.6 Å². The van der Waals surface area contributed by atoms with E-state index in [0.717, 1.165) is 0 Å². The number of nitrogens with zero attached hydrogens (tertiary/aromatic N) is 2. The highest BCUT2D eigenvalue weighted by Crippen LogP contribution is 2.25. The molecule has 0 atom stereocenters. The zero-order valence-corrected chi connectivity index (χ0v) is 11.9. The van der Waals surface area contributed by atoms with E-state index in [9.17, 15) is 9.18 Å². The van der Waals surface area contributed by atoms with Gasteiger partial charge in [-0.15, -0.1) is 0 Å². The molecule has 0 unspecified atom stereocenters. The van der Waals surface area contributed by atoms with Gasteiger partial charge in [-0.05, 0) is 19.1 Å². The Balaban J connectivity index is 0.000000956. The summed E-state index contributed by atoms with van der Waals surface area (Å²) in [6.07, 6.45) is 7.31. The summed E-state index contributed by atoms with van der Waals surface area (Å²) in [5.74, 6) is -0.0227. The Labute approximate surface area is 117 Å². The summed E-state index contributed by atoms with van der Waals surface area (Å²) in [5, 5.41) is 0. The van der Waals surface area contributed by atoms with Gasteiger partial charge in [0.25, 0.3) is 5.56 Å². The van der Waals surface area contributed by atoms with Crippen LogP contribution in [0.25, 0.3) is 5.70 Å². The molecule has 1 aliphatic heterocycles. The maximum absolute atomic E-state index is 13.3. The van der Waals surface area contributed by atoms with E-state index in [1.54, 1.807) is 19.1 Å². The van der Waals surface area contributed by atoms with Gasteiger partial charge in [0.05, 0.1) is 5.70 Å². The molecule has 5 heteroatoms. The number of H-pyrrole nitrogens is 1. The van der Waals surface area contributed by atoms with Crippen molar-refractivity contribution in [3.8, 4) is 0 Å². The molecule has 1 aromatic heterocycles. The van der Waals surface area contributed by atoms with Crippen LogP contribution in [0.3, 0.4) is 0 Å². The summed E-state index contributed by atoms with van der Waals surface area (Å²) in [6, 6.07) is 1.32. The first-order valence-electron chi connectivity index (χ1n) is 6.37. The average molecular weight is 275 g/mol. The van der Waals surface area contributed by atoms with Crippen molar-refractivity contribution in [2.24, 2.45) is 0 Å². The topological polar surface area (TPSA) is 49.0 Å². The summed E-state index contributed by atoms with van der Waals surface area (Å²) >= 11 is 0. The van der Waals surface area contributed by atoms with Gasteiger partial charge in [-0.25, -0.2) is 9.37 Å². The predicted octanol–water partition coefficient (Wildman–Crippen LogP) is 3.35. The number of allylic oxidation sites excluding steroid dienone is 4. The minimum atomic E-state index is -0.389. The van der Waals surface area contributed by atoms with Gasteiger partial charge in [0.1, 0.15) is 5.83 Å². The summed E-state index contributed by atoms with van der Waals surface area (Å²) in [6.45, 7) is 9.59. The van der Waals surface area contributed by atoms with Crippen molar-refractivity contribution >= 4 is 5.70 Å². The molecule has 0 bridgehead atoms. The largest absolute Gasteiger partial charge is 0.312 e. The van der Waals surface area contributed by atoms with Gasteiger partial charge in [0.15, 0.2) is 5.82 Å². The minimum absolute atomic E-state index is 0.262. The molecule has 2 rings (SSSR count). The van der Waals surface area contributed by atoms with Crippen LogP contribution in [0.1, 0.15) is 26.6 Å². The molecule has 0 amide bonds. The first-order valence-corrected chi connectivity index (χ1v) is 6.37. The first-order chi connectivity index (χ1) is 9.61. The predicted molar refractivity (Wildman–Crippen MR) is 79.2 cm³/mol. The van der Waals surface area contributed by atoms with E-state index in [2.05, 4.69) is 16.5 Å². The van der Waals surface area contributed by atoms with E-state index in [0.29, 0.717) is 17.2 Å². The second-order valence-corrected chi connectivity index (χ2v) is 3.67. The lowest BCUT2D eigenvalue weighted by atomic mass is 10.2. The lowest BCUT2D eigenvalue weighted by Crippen LogP contribution is -2.19. The fourth-order valence-corrected chi connectivity index (χ4v) is 1.62. The average Bonchev–Trinajstić information content (AvgIpc) is 2.46. The maximum atomic E-state index is 13.3. The van der Waals surface area contributed by atoms with Crippen LogP contribution in [0.5, 0.6) is 0 Å². The molecule has 20 heavy (non-hydrogen) atoms. The molecule has 1 N–H and O–H groups in total. The summed E-state index contributed by atoms with van der Waals surface area (Å²) in [7, 11) is 0. The van der Waals surface area contributed by atoms with Crippen LogP contribution in [-0.2, 0) is 0 Å². The monoisotopic (exact) mass is 275 g/mol. The molecule has 0 spiro atoms. The Hall–Kier alpha value is -2.43. The maximum Gasteiger partial charge on any atom is 0.251 e. The molecular formula is C15H18FN3O. The van der Waals surface area contributed by atoms with Crippen LogP contribution in [0.2, 0.25) is 0 Å². The van der Waals surface area contributed by atoms with E-state index in [-0.39, 0.29) is 11.4 Å². The molecule has 0 saturated heterocycles. The number of aromatic nitrogens is 2. The zero-order chi connectivity index (χ0) is 15.1. The fraction of sp³-hybridized carbons (Fsp3) is 0.200. The highest BCUT2D eigenvalue weighted by Gasteiger charge is 2.16. The number of rotatable bonds is 2. The van der Waals surface area contributed by atoms with Gasteiger partial charge in [-0.1, -0.05) is 26.5 Å². The van der Waals surface area contributed by atoms with Gasteiger partial charge in [-0.2, -0.15) is 0 Å².